The minimum Gasteiger partial charge on any atom is -0.396 e. The third kappa shape index (κ3) is 3.98. The molecule has 0 amide bonds. The molecule has 2 heterocycles. The number of halogens is 1. The van der Waals surface area contributed by atoms with Crippen LogP contribution in [0, 0.1) is 17.7 Å². The van der Waals surface area contributed by atoms with Crippen molar-refractivity contribution in [2.75, 3.05) is 26.2 Å². The topological polar surface area (TPSA) is 62.4 Å². The maximum atomic E-state index is 12.9. The van der Waals surface area contributed by atoms with Crippen molar-refractivity contribution in [2.24, 2.45) is 17.6 Å². The smallest absolute Gasteiger partial charge is 0.141 e. The third-order valence-corrected chi connectivity index (χ3v) is 4.11. The highest BCUT2D eigenvalue weighted by molar-refractivity contribution is 5.10. The molecule has 0 aliphatic carbocycles. The lowest BCUT2D eigenvalue weighted by Gasteiger charge is -2.34. The summed E-state index contributed by atoms with van der Waals surface area (Å²) in [6.45, 7) is 5.24. The van der Waals surface area contributed by atoms with E-state index < -0.39 is 0 Å². The first-order valence-corrected chi connectivity index (χ1v) is 7.30. The van der Waals surface area contributed by atoms with E-state index in [4.69, 9.17) is 5.73 Å². The number of pyridine rings is 1. The van der Waals surface area contributed by atoms with Gasteiger partial charge in [-0.05, 0) is 43.4 Å². The molecular weight excluding hydrogens is 257 g/mol. The number of likely N-dealkylation sites (tertiary alicyclic amines) is 1. The van der Waals surface area contributed by atoms with E-state index in [1.807, 2.05) is 0 Å². The number of hydrogen-bond acceptors (Lipinski definition) is 4. The fourth-order valence-electron chi connectivity index (χ4n) is 2.86. The Bertz CT molecular complexity index is 412. The molecule has 5 heteroatoms. The third-order valence-electron chi connectivity index (χ3n) is 4.11. The lowest BCUT2D eigenvalue weighted by molar-refractivity contribution is 0.106. The van der Waals surface area contributed by atoms with Crippen LogP contribution in [0.2, 0.25) is 0 Å². The fraction of sp³-hybridized carbons (Fsp3) is 0.667. The molecule has 0 bridgehead atoms. The van der Waals surface area contributed by atoms with E-state index in [1.165, 1.54) is 12.3 Å². The summed E-state index contributed by atoms with van der Waals surface area (Å²) >= 11 is 0. The molecule has 1 aliphatic rings. The lowest BCUT2D eigenvalue weighted by atomic mass is 9.95. The molecule has 4 nitrogen and oxygen atoms in total. The Morgan fingerprint density at radius 1 is 1.55 bits per heavy atom. The molecule has 1 aliphatic heterocycles. The number of hydrogen-bond donors (Lipinski definition) is 2. The van der Waals surface area contributed by atoms with Crippen LogP contribution >= 0.6 is 0 Å². The van der Waals surface area contributed by atoms with Crippen LogP contribution in [0.4, 0.5) is 4.39 Å². The average molecular weight is 281 g/mol. The molecular formula is C15H24FN3O. The van der Waals surface area contributed by atoms with Crippen LogP contribution in [0.15, 0.2) is 18.3 Å². The zero-order chi connectivity index (χ0) is 14.5. The summed E-state index contributed by atoms with van der Waals surface area (Å²) in [6, 6.07) is 2.87. The van der Waals surface area contributed by atoms with Gasteiger partial charge < -0.3 is 15.7 Å². The minimum absolute atomic E-state index is 0.190. The van der Waals surface area contributed by atoms with Crippen molar-refractivity contribution in [1.29, 1.82) is 0 Å². The molecule has 0 radical (unpaired) electrons. The first kappa shape index (κ1) is 15.4. The highest BCUT2D eigenvalue weighted by Crippen LogP contribution is 2.22. The zero-order valence-electron chi connectivity index (χ0n) is 12.0. The van der Waals surface area contributed by atoms with Gasteiger partial charge in [0.1, 0.15) is 5.82 Å². The Balaban J connectivity index is 1.90. The maximum absolute atomic E-state index is 12.9. The molecule has 20 heavy (non-hydrogen) atoms. The van der Waals surface area contributed by atoms with Crippen molar-refractivity contribution in [3.05, 3.63) is 29.8 Å². The Morgan fingerprint density at radius 2 is 2.35 bits per heavy atom. The number of aliphatic hydroxyl groups excluding tert-OH is 1. The van der Waals surface area contributed by atoms with Crippen molar-refractivity contribution in [1.82, 2.24) is 9.88 Å². The molecule has 1 fully saturated rings. The van der Waals surface area contributed by atoms with E-state index in [0.717, 1.165) is 38.2 Å². The van der Waals surface area contributed by atoms with Gasteiger partial charge in [-0.3, -0.25) is 4.98 Å². The van der Waals surface area contributed by atoms with Crippen LogP contribution in [-0.2, 0) is 0 Å². The van der Waals surface area contributed by atoms with Crippen LogP contribution in [0.3, 0.4) is 0 Å². The molecule has 1 aromatic heterocycles. The largest absolute Gasteiger partial charge is 0.396 e. The molecule has 0 spiro atoms. The summed E-state index contributed by atoms with van der Waals surface area (Å²) in [5.74, 6) is 0.289. The minimum atomic E-state index is -0.338. The first-order valence-electron chi connectivity index (χ1n) is 7.30. The van der Waals surface area contributed by atoms with Crippen LogP contribution in [0.5, 0.6) is 0 Å². The SMILES string of the molecule is CC(CN1CCCC(CO)C1)C(N)c1ccc(F)cn1. The summed E-state index contributed by atoms with van der Waals surface area (Å²) in [5, 5.41) is 9.26. The number of aliphatic hydroxyl groups is 1. The molecule has 1 aromatic rings. The van der Waals surface area contributed by atoms with Crippen molar-refractivity contribution in [3.63, 3.8) is 0 Å². The summed E-state index contributed by atoms with van der Waals surface area (Å²) in [6.07, 6.45) is 3.44. The molecule has 0 saturated carbocycles. The second-order valence-electron chi connectivity index (χ2n) is 5.85. The number of nitrogens with zero attached hydrogens (tertiary/aromatic N) is 2. The van der Waals surface area contributed by atoms with Crippen LogP contribution in [0.25, 0.3) is 0 Å². The monoisotopic (exact) mass is 281 g/mol. The van der Waals surface area contributed by atoms with E-state index in [-0.39, 0.29) is 24.4 Å². The van der Waals surface area contributed by atoms with Gasteiger partial charge in [-0.2, -0.15) is 0 Å². The average Bonchev–Trinajstić information content (AvgIpc) is 2.47. The number of aromatic nitrogens is 1. The molecule has 1 saturated heterocycles. The molecule has 3 N–H and O–H groups in total. The van der Waals surface area contributed by atoms with Gasteiger partial charge in [0.05, 0.1) is 17.9 Å². The molecule has 3 atom stereocenters. The Labute approximate surface area is 119 Å². The van der Waals surface area contributed by atoms with Gasteiger partial charge in [-0.25, -0.2) is 4.39 Å². The van der Waals surface area contributed by atoms with Gasteiger partial charge >= 0.3 is 0 Å². The van der Waals surface area contributed by atoms with Gasteiger partial charge in [-0.15, -0.1) is 0 Å². The molecule has 0 aromatic carbocycles. The normalized spacial score (nSPS) is 23.5. The quantitative estimate of drug-likeness (QED) is 0.860. The van der Waals surface area contributed by atoms with Gasteiger partial charge in [0.2, 0.25) is 0 Å². The summed E-state index contributed by atoms with van der Waals surface area (Å²) < 4.78 is 12.9. The molecule has 3 unspecified atom stereocenters. The first-order chi connectivity index (χ1) is 9.60. The van der Waals surface area contributed by atoms with Crippen LogP contribution in [0.1, 0.15) is 31.5 Å². The van der Waals surface area contributed by atoms with Gasteiger partial charge in [0.25, 0.3) is 0 Å². The van der Waals surface area contributed by atoms with E-state index >= 15 is 0 Å². The van der Waals surface area contributed by atoms with E-state index in [0.29, 0.717) is 5.92 Å². The standard InChI is InChI=1S/C15H24FN3O/c1-11(8-19-6-2-3-12(9-19)10-20)15(17)14-5-4-13(16)7-18-14/h4-5,7,11-12,15,20H,2-3,6,8-10,17H2,1H3. The van der Waals surface area contributed by atoms with E-state index in [9.17, 15) is 9.50 Å². The van der Waals surface area contributed by atoms with Crippen LogP contribution < -0.4 is 5.73 Å². The van der Waals surface area contributed by atoms with Crippen molar-refractivity contribution in [3.8, 4) is 0 Å². The summed E-state index contributed by atoms with van der Waals surface area (Å²) in [7, 11) is 0. The Kier molecular flexibility index (Phi) is 5.46. The van der Waals surface area contributed by atoms with Crippen molar-refractivity contribution in [2.45, 2.75) is 25.8 Å². The number of piperidine rings is 1. The molecule has 2 rings (SSSR count). The van der Waals surface area contributed by atoms with Gasteiger partial charge in [-0.1, -0.05) is 6.92 Å². The predicted octanol–water partition coefficient (Wildman–Crippen LogP) is 1.56. The number of rotatable bonds is 5. The lowest BCUT2D eigenvalue weighted by Crippen LogP contribution is -2.41. The second kappa shape index (κ2) is 7.11. The highest BCUT2D eigenvalue weighted by atomic mass is 19.1. The number of nitrogens with two attached hydrogens (primary N) is 1. The molecule has 112 valence electrons. The Morgan fingerprint density at radius 3 is 3.00 bits per heavy atom. The summed E-state index contributed by atoms with van der Waals surface area (Å²) in [4.78, 5) is 6.42. The van der Waals surface area contributed by atoms with Crippen LogP contribution in [-0.4, -0.2) is 41.2 Å². The van der Waals surface area contributed by atoms with Crippen molar-refractivity contribution >= 4 is 0 Å². The summed E-state index contributed by atoms with van der Waals surface area (Å²) in [5.41, 5.74) is 6.94. The van der Waals surface area contributed by atoms with Gasteiger partial charge in [0, 0.05) is 19.7 Å². The predicted molar refractivity (Wildman–Crippen MR) is 76.5 cm³/mol. The Hall–Kier alpha value is -1.04. The second-order valence-corrected chi connectivity index (χ2v) is 5.85. The van der Waals surface area contributed by atoms with Crippen molar-refractivity contribution < 1.29 is 9.50 Å². The zero-order valence-corrected chi connectivity index (χ0v) is 12.0. The van der Waals surface area contributed by atoms with E-state index in [2.05, 4.69) is 16.8 Å². The fourth-order valence-corrected chi connectivity index (χ4v) is 2.86. The van der Waals surface area contributed by atoms with E-state index in [1.54, 1.807) is 6.07 Å². The maximum Gasteiger partial charge on any atom is 0.141 e. The highest BCUT2D eigenvalue weighted by Gasteiger charge is 2.23. The van der Waals surface area contributed by atoms with Gasteiger partial charge in [0.15, 0.2) is 0 Å².